The highest BCUT2D eigenvalue weighted by atomic mass is 16.5. The number of hydrogen-bond donors (Lipinski definition) is 2. The molecule has 8 heteroatoms. The number of aromatic hydroxyl groups is 1. The van der Waals surface area contributed by atoms with Crippen LogP contribution in [-0.4, -0.2) is 73.1 Å². The van der Waals surface area contributed by atoms with Crippen molar-refractivity contribution in [2.24, 2.45) is 0 Å². The number of aliphatic hydroxyl groups excluding tert-OH is 1. The van der Waals surface area contributed by atoms with Gasteiger partial charge in [0.1, 0.15) is 11.5 Å². The van der Waals surface area contributed by atoms with Gasteiger partial charge >= 0.3 is 0 Å². The predicted octanol–water partition coefficient (Wildman–Crippen LogP) is 2.39. The number of amides is 1. The lowest BCUT2D eigenvalue weighted by Gasteiger charge is -2.27. The molecule has 0 aliphatic carbocycles. The first-order chi connectivity index (χ1) is 14.8. The first-order valence-corrected chi connectivity index (χ1v) is 9.73. The minimum Gasteiger partial charge on any atom is -0.507 e. The van der Waals surface area contributed by atoms with Crippen molar-refractivity contribution in [3.05, 3.63) is 59.2 Å². The fraction of sp³-hybridized carbons (Fsp3) is 0.304. The Morgan fingerprint density at radius 1 is 1.10 bits per heavy atom. The first kappa shape index (κ1) is 22.2. The van der Waals surface area contributed by atoms with Gasteiger partial charge in [-0.2, -0.15) is 0 Å². The van der Waals surface area contributed by atoms with Crippen molar-refractivity contribution in [1.82, 2.24) is 9.80 Å². The number of carbonyl (C=O) groups is 2. The number of likely N-dealkylation sites (N-methyl/N-ethyl adjacent to an activating group) is 1. The summed E-state index contributed by atoms with van der Waals surface area (Å²) in [5.41, 5.74) is 0.877. The van der Waals surface area contributed by atoms with Crippen LogP contribution in [0, 0.1) is 0 Å². The maximum atomic E-state index is 13.0. The third-order valence-corrected chi connectivity index (χ3v) is 5.19. The van der Waals surface area contributed by atoms with E-state index < -0.39 is 17.7 Å². The Hall–Kier alpha value is -3.52. The zero-order valence-electron chi connectivity index (χ0n) is 18.0. The second kappa shape index (κ2) is 9.09. The van der Waals surface area contributed by atoms with Crippen LogP contribution in [0.25, 0.3) is 5.76 Å². The van der Waals surface area contributed by atoms with Crippen LogP contribution in [0.5, 0.6) is 17.2 Å². The van der Waals surface area contributed by atoms with Gasteiger partial charge in [0.05, 0.1) is 25.8 Å². The first-order valence-electron chi connectivity index (χ1n) is 9.73. The van der Waals surface area contributed by atoms with Crippen molar-refractivity contribution >= 4 is 17.4 Å². The van der Waals surface area contributed by atoms with E-state index in [1.807, 2.05) is 19.0 Å². The molecule has 1 fully saturated rings. The maximum absolute atomic E-state index is 13.0. The molecule has 2 N–H and O–H groups in total. The number of likely N-dealkylation sites (tertiary alicyclic amines) is 1. The molecule has 0 saturated carbocycles. The number of hydrogen-bond acceptors (Lipinski definition) is 7. The molecule has 0 spiro atoms. The van der Waals surface area contributed by atoms with E-state index in [1.165, 1.54) is 25.2 Å². The minimum atomic E-state index is -0.833. The van der Waals surface area contributed by atoms with Crippen LogP contribution >= 0.6 is 0 Å². The summed E-state index contributed by atoms with van der Waals surface area (Å²) in [5, 5.41) is 21.0. The second-order valence-corrected chi connectivity index (χ2v) is 7.46. The molecule has 1 heterocycles. The van der Waals surface area contributed by atoms with Gasteiger partial charge < -0.3 is 29.5 Å². The Morgan fingerprint density at radius 2 is 1.84 bits per heavy atom. The number of phenols is 1. The molecule has 1 atom stereocenters. The lowest BCUT2D eigenvalue weighted by Crippen LogP contribution is -2.35. The molecule has 3 rings (SSSR count). The van der Waals surface area contributed by atoms with Gasteiger partial charge in [0, 0.05) is 18.7 Å². The van der Waals surface area contributed by atoms with Crippen LogP contribution in [-0.2, 0) is 9.59 Å². The molecule has 31 heavy (non-hydrogen) atoms. The SMILES string of the molecule is COc1cccc(C(O)=C2C(=O)C(=O)N(CCN(C)C)[C@@H]2c2ccc(O)c(OC)c2)c1. The van der Waals surface area contributed by atoms with Gasteiger partial charge in [0.15, 0.2) is 11.5 Å². The molecule has 0 aromatic heterocycles. The Bertz CT molecular complexity index is 1030. The minimum absolute atomic E-state index is 0.0234. The highest BCUT2D eigenvalue weighted by Gasteiger charge is 2.46. The zero-order valence-corrected chi connectivity index (χ0v) is 18.0. The summed E-state index contributed by atoms with van der Waals surface area (Å²) in [7, 11) is 6.65. The second-order valence-electron chi connectivity index (χ2n) is 7.46. The van der Waals surface area contributed by atoms with Gasteiger partial charge in [-0.15, -0.1) is 0 Å². The quantitative estimate of drug-likeness (QED) is 0.398. The molecule has 0 radical (unpaired) electrons. The largest absolute Gasteiger partial charge is 0.507 e. The monoisotopic (exact) mass is 426 g/mol. The number of phenolic OH excluding ortho intramolecular Hbond substituents is 1. The van der Waals surface area contributed by atoms with Crippen molar-refractivity contribution in [3.8, 4) is 17.2 Å². The van der Waals surface area contributed by atoms with E-state index >= 15 is 0 Å². The van der Waals surface area contributed by atoms with Crippen LogP contribution < -0.4 is 9.47 Å². The third kappa shape index (κ3) is 4.34. The van der Waals surface area contributed by atoms with Crippen molar-refractivity contribution in [1.29, 1.82) is 0 Å². The van der Waals surface area contributed by atoms with E-state index in [0.29, 0.717) is 23.4 Å². The van der Waals surface area contributed by atoms with Crippen molar-refractivity contribution in [2.75, 3.05) is 41.4 Å². The van der Waals surface area contributed by atoms with Crippen LogP contribution in [0.1, 0.15) is 17.2 Å². The Morgan fingerprint density at radius 3 is 2.48 bits per heavy atom. The Balaban J connectivity index is 2.19. The number of nitrogens with zero attached hydrogens (tertiary/aromatic N) is 2. The van der Waals surface area contributed by atoms with Gasteiger partial charge in [-0.25, -0.2) is 0 Å². The Labute approximate surface area is 180 Å². The number of benzene rings is 2. The molecule has 1 aliphatic heterocycles. The number of ketones is 1. The number of aliphatic hydroxyl groups is 1. The highest BCUT2D eigenvalue weighted by Crippen LogP contribution is 2.41. The summed E-state index contributed by atoms with van der Waals surface area (Å²) in [5.74, 6) is -1.10. The van der Waals surface area contributed by atoms with Crippen LogP contribution in [0.3, 0.4) is 0 Å². The molecule has 1 aliphatic rings. The van der Waals surface area contributed by atoms with Gasteiger partial charge in [-0.1, -0.05) is 18.2 Å². The molecule has 1 amide bonds. The standard InChI is InChI=1S/C23H26N2O6/c1-24(2)10-11-25-20(14-8-9-17(26)18(13-14)31-4)19(22(28)23(25)29)21(27)15-6-5-7-16(12-15)30-3/h5-9,12-13,20,26-27H,10-11H2,1-4H3/t20-/m1/s1. The number of methoxy groups -OCH3 is 2. The van der Waals surface area contributed by atoms with E-state index in [-0.39, 0.29) is 29.4 Å². The fourth-order valence-electron chi connectivity index (χ4n) is 3.56. The maximum Gasteiger partial charge on any atom is 0.295 e. The predicted molar refractivity (Wildman–Crippen MR) is 115 cm³/mol. The number of rotatable bonds is 7. The normalized spacial score (nSPS) is 18.0. The summed E-state index contributed by atoms with van der Waals surface area (Å²) in [6.45, 7) is 0.804. The van der Waals surface area contributed by atoms with Crippen molar-refractivity contribution in [3.63, 3.8) is 0 Å². The van der Waals surface area contributed by atoms with E-state index in [9.17, 15) is 19.8 Å². The Kier molecular flexibility index (Phi) is 6.50. The van der Waals surface area contributed by atoms with Crippen molar-refractivity contribution in [2.45, 2.75) is 6.04 Å². The number of ether oxygens (including phenoxy) is 2. The molecule has 2 aromatic carbocycles. The average Bonchev–Trinajstić information content (AvgIpc) is 3.02. The molecule has 0 bridgehead atoms. The van der Waals surface area contributed by atoms with Crippen LogP contribution in [0.15, 0.2) is 48.0 Å². The van der Waals surface area contributed by atoms with Crippen molar-refractivity contribution < 1.29 is 29.3 Å². The van der Waals surface area contributed by atoms with E-state index in [4.69, 9.17) is 9.47 Å². The summed E-state index contributed by atoms with van der Waals surface area (Å²) in [4.78, 5) is 29.2. The van der Waals surface area contributed by atoms with Gasteiger partial charge in [0.2, 0.25) is 0 Å². The van der Waals surface area contributed by atoms with Crippen LogP contribution in [0.2, 0.25) is 0 Å². The molecule has 1 saturated heterocycles. The van der Waals surface area contributed by atoms with E-state index in [0.717, 1.165) is 0 Å². The smallest absolute Gasteiger partial charge is 0.295 e. The number of Topliss-reactive ketones (excluding diaryl/α,β-unsaturated/α-hetero) is 1. The highest BCUT2D eigenvalue weighted by molar-refractivity contribution is 6.46. The van der Waals surface area contributed by atoms with Gasteiger partial charge in [-0.05, 0) is 43.9 Å². The molecule has 164 valence electrons. The molecule has 8 nitrogen and oxygen atoms in total. The summed E-state index contributed by atoms with van der Waals surface area (Å²) >= 11 is 0. The van der Waals surface area contributed by atoms with Gasteiger partial charge in [-0.3, -0.25) is 9.59 Å². The van der Waals surface area contributed by atoms with Gasteiger partial charge in [0.25, 0.3) is 11.7 Å². The summed E-state index contributed by atoms with van der Waals surface area (Å²) in [6.07, 6.45) is 0. The fourth-order valence-corrected chi connectivity index (χ4v) is 3.56. The number of carbonyl (C=O) groups excluding carboxylic acids is 2. The molecular formula is C23H26N2O6. The summed E-state index contributed by atoms with van der Waals surface area (Å²) < 4.78 is 10.4. The lowest BCUT2D eigenvalue weighted by atomic mass is 9.95. The summed E-state index contributed by atoms with van der Waals surface area (Å²) in [6, 6.07) is 10.4. The molecule has 2 aromatic rings. The topological polar surface area (TPSA) is 99.5 Å². The zero-order chi connectivity index (χ0) is 22.7. The molecule has 0 unspecified atom stereocenters. The van der Waals surface area contributed by atoms with Crippen LogP contribution in [0.4, 0.5) is 0 Å². The average molecular weight is 426 g/mol. The molecular weight excluding hydrogens is 400 g/mol. The van der Waals surface area contributed by atoms with E-state index in [2.05, 4.69) is 0 Å². The van der Waals surface area contributed by atoms with E-state index in [1.54, 1.807) is 36.4 Å². The third-order valence-electron chi connectivity index (χ3n) is 5.19. The lowest BCUT2D eigenvalue weighted by molar-refractivity contribution is -0.140.